The Labute approximate surface area is 199 Å². The molecule has 174 valence electrons. The van der Waals surface area contributed by atoms with Crippen molar-refractivity contribution >= 4 is 40.1 Å². The first-order valence-corrected chi connectivity index (χ1v) is 13.3. The van der Waals surface area contributed by atoms with Gasteiger partial charge in [0.05, 0.1) is 46.1 Å². The van der Waals surface area contributed by atoms with Crippen LogP contribution in [0.3, 0.4) is 0 Å². The number of anilines is 3. The Morgan fingerprint density at radius 1 is 1.09 bits per heavy atom. The van der Waals surface area contributed by atoms with Gasteiger partial charge in [0.15, 0.2) is 0 Å². The fraction of sp³-hybridized carbons (Fsp3) is 0.636. The zero-order valence-corrected chi connectivity index (χ0v) is 19.7. The molecule has 7 rings (SSSR count). The minimum absolute atomic E-state index is 0.0665. The molecule has 5 aliphatic rings. The molecule has 0 aromatic carbocycles. The lowest BCUT2D eigenvalue weighted by atomic mass is 9.77. The molecule has 2 aromatic heterocycles. The monoisotopic (exact) mass is 487 g/mol. The van der Waals surface area contributed by atoms with E-state index in [0.717, 1.165) is 74.3 Å². The molecular weight excluding hydrogens is 462 g/mol. The molecule has 3 aliphatic heterocycles. The first-order chi connectivity index (χ1) is 16.0. The molecule has 0 spiro atoms. The number of halogens is 1. The zero-order valence-electron chi connectivity index (χ0n) is 18.2. The molecule has 2 aromatic rings. The molecule has 2 N–H and O–H groups in total. The third kappa shape index (κ3) is 3.17. The number of nitrogens with one attached hydrogen (secondary N) is 1. The molecular formula is C22H26ClN7O2S. The highest BCUT2D eigenvalue weighted by Crippen LogP contribution is 2.56. The predicted octanol–water partition coefficient (Wildman–Crippen LogP) is 1.80. The van der Waals surface area contributed by atoms with Crippen molar-refractivity contribution in [1.82, 2.24) is 19.9 Å². The van der Waals surface area contributed by atoms with Gasteiger partial charge in [0.25, 0.3) is 0 Å². The van der Waals surface area contributed by atoms with Gasteiger partial charge in [0.1, 0.15) is 10.7 Å². The Morgan fingerprint density at radius 3 is 2.36 bits per heavy atom. The van der Waals surface area contributed by atoms with E-state index in [4.69, 9.17) is 21.6 Å². The van der Waals surface area contributed by atoms with Crippen LogP contribution >= 0.6 is 11.6 Å². The summed E-state index contributed by atoms with van der Waals surface area (Å²) in [4.78, 5) is 23.9. The van der Waals surface area contributed by atoms with Crippen LogP contribution in [0.25, 0.3) is 0 Å². The number of aliphatic hydroxyl groups is 1. The summed E-state index contributed by atoms with van der Waals surface area (Å²) >= 11 is 5.94. The average Bonchev–Trinajstić information content (AvgIpc) is 3.22. The van der Waals surface area contributed by atoms with Crippen LogP contribution in [0.2, 0.25) is 5.02 Å². The zero-order chi connectivity index (χ0) is 22.3. The van der Waals surface area contributed by atoms with Crippen LogP contribution in [0.15, 0.2) is 17.3 Å². The van der Waals surface area contributed by atoms with Crippen LogP contribution in [0.4, 0.5) is 17.7 Å². The minimum Gasteiger partial charge on any atom is -0.394 e. The van der Waals surface area contributed by atoms with Crippen LogP contribution in [-0.2, 0) is 10.8 Å². The Bertz CT molecular complexity index is 1120. The van der Waals surface area contributed by atoms with Crippen LogP contribution in [0, 0.1) is 11.8 Å². The molecule has 11 heteroatoms. The first-order valence-electron chi connectivity index (χ1n) is 11.7. The van der Waals surface area contributed by atoms with Crippen LogP contribution in [-0.4, -0.2) is 72.8 Å². The molecule has 0 bridgehead atoms. The van der Waals surface area contributed by atoms with Crippen LogP contribution < -0.4 is 15.1 Å². The van der Waals surface area contributed by atoms with E-state index in [1.54, 1.807) is 12.4 Å². The summed E-state index contributed by atoms with van der Waals surface area (Å²) < 4.78 is 13.0. The third-order valence-corrected chi connectivity index (χ3v) is 10.2. The van der Waals surface area contributed by atoms with Gasteiger partial charge in [-0.05, 0) is 25.7 Å². The Hall–Kier alpha value is -2.04. The Kier molecular flexibility index (Phi) is 4.46. The number of aliphatic hydroxyl groups excluding tert-OH is 1. The van der Waals surface area contributed by atoms with E-state index in [1.807, 2.05) is 0 Å². The van der Waals surface area contributed by atoms with Gasteiger partial charge in [-0.1, -0.05) is 11.6 Å². The number of rotatable bonds is 5. The number of hydrogen-bond acceptors (Lipinski definition) is 9. The molecule has 5 heterocycles. The van der Waals surface area contributed by atoms with Gasteiger partial charge in [0, 0.05) is 49.2 Å². The van der Waals surface area contributed by atoms with Crippen molar-refractivity contribution in [3.63, 3.8) is 0 Å². The van der Waals surface area contributed by atoms with E-state index in [2.05, 4.69) is 25.1 Å². The minimum atomic E-state index is -1.05. The van der Waals surface area contributed by atoms with E-state index in [1.165, 1.54) is 0 Å². The summed E-state index contributed by atoms with van der Waals surface area (Å²) in [6.07, 6.45) is 7.16. The van der Waals surface area contributed by atoms with Crippen molar-refractivity contribution in [3.05, 3.63) is 23.1 Å². The van der Waals surface area contributed by atoms with Crippen molar-refractivity contribution in [1.29, 1.82) is 0 Å². The lowest BCUT2D eigenvalue weighted by Crippen LogP contribution is -2.48. The van der Waals surface area contributed by atoms with Crippen molar-refractivity contribution in [2.24, 2.45) is 11.8 Å². The molecule has 33 heavy (non-hydrogen) atoms. The summed E-state index contributed by atoms with van der Waals surface area (Å²) in [6.45, 7) is 3.64. The summed E-state index contributed by atoms with van der Waals surface area (Å²) in [5.41, 5.74) is 0.628. The smallest absolute Gasteiger partial charge is 0.227 e. The molecule has 0 radical (unpaired) electrons. The molecule has 2 aliphatic carbocycles. The summed E-state index contributed by atoms with van der Waals surface area (Å²) in [5, 5.41) is 14.2. The van der Waals surface area contributed by atoms with Crippen molar-refractivity contribution in [2.75, 3.05) is 47.9 Å². The average molecular weight is 488 g/mol. The maximum absolute atomic E-state index is 13.0. The second-order valence-corrected chi connectivity index (χ2v) is 12.3. The van der Waals surface area contributed by atoms with Gasteiger partial charge in [0.2, 0.25) is 11.9 Å². The van der Waals surface area contributed by atoms with Gasteiger partial charge in [-0.25, -0.2) is 15.0 Å². The summed E-state index contributed by atoms with van der Waals surface area (Å²) in [6, 6.07) is 0. The standard InChI is InChI=1S/C22H26ClN7O2S/c23-14-5-24-20(25-6-14)29-7-12-9-30(10-13(12)8-29)21-26-17-15-4-16(15)33(32)18(17)19(27-21)28-22(11-31)2-1-3-22/h5-6,12-13,15-16,31H,1-4,7-11H2,(H,26,27,28)/t12?,13?,15?,16?,33-/m1/s1. The highest BCUT2D eigenvalue weighted by Gasteiger charge is 2.55. The van der Waals surface area contributed by atoms with Gasteiger partial charge < -0.3 is 20.2 Å². The van der Waals surface area contributed by atoms with E-state index in [-0.39, 0.29) is 17.4 Å². The van der Waals surface area contributed by atoms with Gasteiger partial charge in [-0.15, -0.1) is 0 Å². The van der Waals surface area contributed by atoms with Gasteiger partial charge in [-0.3, -0.25) is 4.21 Å². The largest absolute Gasteiger partial charge is 0.394 e. The fourth-order valence-corrected chi connectivity index (χ4v) is 7.84. The van der Waals surface area contributed by atoms with Gasteiger partial charge >= 0.3 is 0 Å². The van der Waals surface area contributed by atoms with Crippen molar-refractivity contribution in [3.8, 4) is 0 Å². The maximum Gasteiger partial charge on any atom is 0.227 e. The van der Waals surface area contributed by atoms with E-state index >= 15 is 0 Å². The molecule has 5 atom stereocenters. The van der Waals surface area contributed by atoms with Crippen molar-refractivity contribution < 1.29 is 9.32 Å². The third-order valence-electron chi connectivity index (χ3n) is 8.09. The molecule has 4 unspecified atom stereocenters. The first kappa shape index (κ1) is 20.3. The molecule has 0 amide bonds. The number of nitrogens with zero attached hydrogens (tertiary/aromatic N) is 6. The maximum atomic E-state index is 13.0. The van der Waals surface area contributed by atoms with Crippen molar-refractivity contribution in [2.45, 2.75) is 47.3 Å². The lowest BCUT2D eigenvalue weighted by molar-refractivity contribution is 0.143. The fourth-order valence-electron chi connectivity index (χ4n) is 5.94. The second kappa shape index (κ2) is 7.23. The number of aromatic nitrogens is 4. The van der Waals surface area contributed by atoms with Crippen LogP contribution in [0.5, 0.6) is 0 Å². The van der Waals surface area contributed by atoms with Crippen LogP contribution in [0.1, 0.15) is 37.3 Å². The lowest BCUT2D eigenvalue weighted by Gasteiger charge is -2.41. The quantitative estimate of drug-likeness (QED) is 0.652. The molecule has 2 saturated heterocycles. The number of hydrogen-bond donors (Lipinski definition) is 2. The molecule has 4 fully saturated rings. The molecule has 2 saturated carbocycles. The molecule has 9 nitrogen and oxygen atoms in total. The highest BCUT2D eigenvalue weighted by atomic mass is 35.5. The normalized spacial score (nSPS) is 32.8. The van der Waals surface area contributed by atoms with E-state index in [0.29, 0.717) is 28.6 Å². The topological polar surface area (TPSA) is 107 Å². The predicted molar refractivity (Wildman–Crippen MR) is 125 cm³/mol. The Morgan fingerprint density at radius 2 is 1.76 bits per heavy atom. The summed E-state index contributed by atoms with van der Waals surface area (Å²) in [7, 11) is -1.05. The highest BCUT2D eigenvalue weighted by molar-refractivity contribution is 7.86. The van der Waals surface area contributed by atoms with E-state index in [9.17, 15) is 9.32 Å². The summed E-state index contributed by atoms with van der Waals surface area (Å²) in [5.74, 6) is 3.44. The SMILES string of the molecule is O=[S@]1c2c(NC3(CO)CCC3)nc(N3CC4CN(c5ncc(Cl)cn5)CC4C3)nc2C2CC21. The Balaban J connectivity index is 1.14. The number of fused-ring (bicyclic) bond motifs is 4. The van der Waals surface area contributed by atoms with Gasteiger partial charge in [-0.2, -0.15) is 4.98 Å². The second-order valence-electron chi connectivity index (χ2n) is 10.2. The van der Waals surface area contributed by atoms with E-state index < -0.39 is 10.8 Å².